The van der Waals surface area contributed by atoms with Gasteiger partial charge in [-0.2, -0.15) is 5.26 Å². The van der Waals surface area contributed by atoms with Crippen LogP contribution in [0.15, 0.2) is 65.3 Å². The van der Waals surface area contributed by atoms with Crippen LogP contribution in [0.25, 0.3) is 0 Å². The number of nitriles is 1. The molecule has 0 aromatic heterocycles. The van der Waals surface area contributed by atoms with Gasteiger partial charge >= 0.3 is 0 Å². The molecule has 1 atom stereocenters. The molecule has 0 amide bonds. The van der Waals surface area contributed by atoms with Crippen LogP contribution in [0.1, 0.15) is 43.2 Å². The SMILES string of the molecule is CCOc1cc([C@@H]2C(C#N)=C(N)OC3=C2C(=O)CCC3)ccc1OCc1ccccc1Cl. The minimum atomic E-state index is -0.589. The van der Waals surface area contributed by atoms with Gasteiger partial charge in [0.25, 0.3) is 0 Å². The molecule has 7 heteroatoms. The van der Waals surface area contributed by atoms with E-state index in [4.69, 9.17) is 31.5 Å². The van der Waals surface area contributed by atoms with Gasteiger partial charge in [-0.1, -0.05) is 35.9 Å². The second kappa shape index (κ2) is 9.37. The first kappa shape index (κ1) is 21.8. The second-order valence-electron chi connectivity index (χ2n) is 7.56. The number of ketones is 1. The number of carbonyl (C=O) groups is 1. The van der Waals surface area contributed by atoms with Crippen molar-refractivity contribution in [2.24, 2.45) is 5.73 Å². The van der Waals surface area contributed by atoms with Crippen LogP contribution in [0.5, 0.6) is 11.5 Å². The molecular formula is C25H23ClN2O4. The Balaban J connectivity index is 1.71. The van der Waals surface area contributed by atoms with Gasteiger partial charge in [0.05, 0.1) is 12.5 Å². The van der Waals surface area contributed by atoms with Crippen molar-refractivity contribution in [3.05, 3.63) is 81.4 Å². The Kier molecular flexibility index (Phi) is 6.38. The van der Waals surface area contributed by atoms with Crippen molar-refractivity contribution in [2.45, 2.75) is 38.7 Å². The van der Waals surface area contributed by atoms with Crippen molar-refractivity contribution < 1.29 is 19.0 Å². The van der Waals surface area contributed by atoms with E-state index >= 15 is 0 Å². The highest BCUT2D eigenvalue weighted by atomic mass is 35.5. The number of hydrogen-bond donors (Lipinski definition) is 1. The summed E-state index contributed by atoms with van der Waals surface area (Å²) in [5, 5.41) is 10.4. The average molecular weight is 451 g/mol. The fourth-order valence-electron chi connectivity index (χ4n) is 4.05. The Morgan fingerprint density at radius 2 is 2.00 bits per heavy atom. The lowest BCUT2D eigenvalue weighted by Gasteiger charge is -2.31. The summed E-state index contributed by atoms with van der Waals surface area (Å²) < 4.78 is 17.5. The van der Waals surface area contributed by atoms with Crippen molar-refractivity contribution in [1.82, 2.24) is 0 Å². The Hall–Kier alpha value is -3.43. The number of nitrogens with two attached hydrogens (primary N) is 1. The van der Waals surface area contributed by atoms with Crippen molar-refractivity contribution >= 4 is 17.4 Å². The van der Waals surface area contributed by atoms with Crippen LogP contribution in [-0.4, -0.2) is 12.4 Å². The zero-order valence-electron chi connectivity index (χ0n) is 17.7. The smallest absolute Gasteiger partial charge is 0.205 e. The van der Waals surface area contributed by atoms with Crippen LogP contribution in [0.4, 0.5) is 0 Å². The van der Waals surface area contributed by atoms with E-state index in [0.29, 0.717) is 53.7 Å². The zero-order chi connectivity index (χ0) is 22.7. The quantitative estimate of drug-likeness (QED) is 0.655. The first-order valence-corrected chi connectivity index (χ1v) is 10.9. The zero-order valence-corrected chi connectivity index (χ0v) is 18.4. The fourth-order valence-corrected chi connectivity index (χ4v) is 4.24. The van der Waals surface area contributed by atoms with E-state index in [9.17, 15) is 10.1 Å². The maximum absolute atomic E-state index is 12.8. The minimum Gasteiger partial charge on any atom is -0.490 e. The van der Waals surface area contributed by atoms with E-state index < -0.39 is 5.92 Å². The first-order chi connectivity index (χ1) is 15.5. The number of rotatable bonds is 6. The lowest BCUT2D eigenvalue weighted by molar-refractivity contribution is -0.116. The monoisotopic (exact) mass is 450 g/mol. The summed E-state index contributed by atoms with van der Waals surface area (Å²) in [7, 11) is 0. The fraction of sp³-hybridized carbons (Fsp3) is 0.280. The minimum absolute atomic E-state index is 0.0199. The average Bonchev–Trinajstić information content (AvgIpc) is 2.78. The molecule has 0 radical (unpaired) electrons. The third kappa shape index (κ3) is 4.17. The third-order valence-corrected chi connectivity index (χ3v) is 5.92. The van der Waals surface area contributed by atoms with Crippen molar-refractivity contribution in [3.8, 4) is 17.6 Å². The largest absolute Gasteiger partial charge is 0.490 e. The number of benzene rings is 2. The maximum Gasteiger partial charge on any atom is 0.205 e. The highest BCUT2D eigenvalue weighted by Gasteiger charge is 2.38. The molecule has 2 aromatic carbocycles. The van der Waals surface area contributed by atoms with Crippen molar-refractivity contribution in [1.29, 1.82) is 5.26 Å². The van der Waals surface area contributed by atoms with Gasteiger partial charge in [-0.05, 0) is 37.1 Å². The van der Waals surface area contributed by atoms with Crippen LogP contribution < -0.4 is 15.2 Å². The molecule has 2 aromatic rings. The van der Waals surface area contributed by atoms with Gasteiger partial charge in [0, 0.05) is 29.0 Å². The molecule has 4 rings (SSSR count). The number of hydrogen-bond acceptors (Lipinski definition) is 6. The molecule has 32 heavy (non-hydrogen) atoms. The molecule has 6 nitrogen and oxygen atoms in total. The Labute approximate surface area is 191 Å². The number of Topliss-reactive ketones (excluding diaryl/α,β-unsaturated/α-hetero) is 1. The van der Waals surface area contributed by atoms with Gasteiger partial charge in [0.1, 0.15) is 24.0 Å². The van der Waals surface area contributed by atoms with Gasteiger partial charge in [0.2, 0.25) is 5.88 Å². The number of carbonyl (C=O) groups excluding carboxylic acids is 1. The van der Waals surface area contributed by atoms with Gasteiger partial charge < -0.3 is 19.9 Å². The highest BCUT2D eigenvalue weighted by Crippen LogP contribution is 2.45. The van der Waals surface area contributed by atoms with Gasteiger partial charge in [-0.3, -0.25) is 4.79 Å². The highest BCUT2D eigenvalue weighted by molar-refractivity contribution is 6.31. The topological polar surface area (TPSA) is 94.6 Å². The molecule has 0 bridgehead atoms. The standard InChI is InChI=1S/C25H23ClN2O4/c1-2-30-22-12-15(10-11-20(22)31-14-16-6-3-4-7-18(16)26)23-17(13-27)25(28)32-21-9-5-8-19(29)24(21)23/h3-4,6-7,10-12,23H,2,5,8-9,14,28H2,1H3/t23-/m1/s1. The molecule has 2 aliphatic rings. The van der Waals surface area contributed by atoms with Crippen LogP contribution in [0.2, 0.25) is 5.02 Å². The summed E-state index contributed by atoms with van der Waals surface area (Å²) in [5.41, 5.74) is 8.36. The molecule has 0 saturated heterocycles. The van der Waals surface area contributed by atoms with E-state index in [1.54, 1.807) is 12.1 Å². The summed E-state index contributed by atoms with van der Waals surface area (Å²) in [6.45, 7) is 2.58. The second-order valence-corrected chi connectivity index (χ2v) is 7.96. The lowest BCUT2D eigenvalue weighted by Crippen LogP contribution is -2.27. The number of ether oxygens (including phenoxy) is 3. The molecule has 2 N–H and O–H groups in total. The summed E-state index contributed by atoms with van der Waals surface area (Å²) in [4.78, 5) is 12.8. The lowest BCUT2D eigenvalue weighted by atomic mass is 9.77. The van der Waals surface area contributed by atoms with E-state index in [2.05, 4.69) is 6.07 Å². The molecule has 164 valence electrons. The molecule has 1 heterocycles. The molecule has 1 aliphatic carbocycles. The molecule has 0 saturated carbocycles. The van der Waals surface area contributed by atoms with Crippen molar-refractivity contribution in [2.75, 3.05) is 6.61 Å². The summed E-state index contributed by atoms with van der Waals surface area (Å²) in [5.74, 6) is 1.05. The Morgan fingerprint density at radius 3 is 2.75 bits per heavy atom. The predicted molar refractivity (Wildman–Crippen MR) is 120 cm³/mol. The van der Waals surface area contributed by atoms with Crippen LogP contribution in [-0.2, 0) is 16.1 Å². The van der Waals surface area contributed by atoms with Gasteiger partial charge in [0.15, 0.2) is 17.3 Å². The Morgan fingerprint density at radius 1 is 1.19 bits per heavy atom. The maximum atomic E-state index is 12.8. The van der Waals surface area contributed by atoms with Gasteiger partial charge in [-0.15, -0.1) is 0 Å². The normalized spacial score (nSPS) is 18.0. The molecular weight excluding hydrogens is 428 g/mol. The number of allylic oxidation sites excluding steroid dienone is 3. The molecule has 0 unspecified atom stereocenters. The van der Waals surface area contributed by atoms with Crippen LogP contribution in [0.3, 0.4) is 0 Å². The predicted octanol–water partition coefficient (Wildman–Crippen LogP) is 5.13. The van der Waals surface area contributed by atoms with E-state index in [1.807, 2.05) is 37.3 Å². The third-order valence-electron chi connectivity index (χ3n) is 5.55. The summed E-state index contributed by atoms with van der Waals surface area (Å²) >= 11 is 6.23. The van der Waals surface area contributed by atoms with Crippen LogP contribution >= 0.6 is 11.6 Å². The van der Waals surface area contributed by atoms with Crippen molar-refractivity contribution in [3.63, 3.8) is 0 Å². The summed E-state index contributed by atoms with van der Waals surface area (Å²) in [6.07, 6.45) is 1.75. The van der Waals surface area contributed by atoms with Crippen LogP contribution in [0, 0.1) is 11.3 Å². The van der Waals surface area contributed by atoms with E-state index in [-0.39, 0.29) is 23.8 Å². The summed E-state index contributed by atoms with van der Waals surface area (Å²) in [6, 6.07) is 15.0. The van der Waals surface area contributed by atoms with E-state index in [0.717, 1.165) is 11.1 Å². The number of nitrogens with zero attached hydrogens (tertiary/aromatic N) is 1. The van der Waals surface area contributed by atoms with E-state index in [1.165, 1.54) is 0 Å². The molecule has 0 spiro atoms. The Bertz CT molecular complexity index is 1160. The molecule has 0 fully saturated rings. The van der Waals surface area contributed by atoms with Gasteiger partial charge in [-0.25, -0.2) is 0 Å². The molecule has 1 aliphatic heterocycles. The number of halogens is 1. The first-order valence-electron chi connectivity index (χ1n) is 10.5.